The number of nitrogens with two attached hydrogens (primary N) is 1. The molecule has 1 aliphatic rings. The van der Waals surface area contributed by atoms with E-state index in [1.807, 2.05) is 6.07 Å². The van der Waals surface area contributed by atoms with Crippen LogP contribution in [-0.4, -0.2) is 25.6 Å². The van der Waals surface area contributed by atoms with Gasteiger partial charge < -0.3 is 16.0 Å². The number of hydrogen-bond donors (Lipinski definition) is 2. The first kappa shape index (κ1) is 17.3. The Morgan fingerprint density at radius 3 is 2.48 bits per heavy atom. The highest BCUT2D eigenvalue weighted by atomic mass is 15.1. The van der Waals surface area contributed by atoms with Gasteiger partial charge in [0, 0.05) is 25.3 Å². The molecule has 25 heavy (non-hydrogen) atoms. The number of rotatable bonds is 6. The zero-order chi connectivity index (χ0) is 17.3. The monoisotopic (exact) mass is 336 g/mol. The lowest BCUT2D eigenvalue weighted by molar-refractivity contribution is 0.576. The van der Waals surface area contributed by atoms with E-state index in [1.165, 1.54) is 36.1 Å². The Hall–Kier alpha value is -2.49. The molecule has 2 aromatic carbocycles. The summed E-state index contributed by atoms with van der Waals surface area (Å²) in [5, 5.41) is 3.21. The van der Waals surface area contributed by atoms with Crippen molar-refractivity contribution in [3.63, 3.8) is 0 Å². The maximum Gasteiger partial charge on any atom is 0.188 e. The first-order valence-electron chi connectivity index (χ1n) is 9.23. The third kappa shape index (κ3) is 5.24. The van der Waals surface area contributed by atoms with Crippen LogP contribution in [-0.2, 0) is 13.0 Å². The molecule has 1 heterocycles. The summed E-state index contributed by atoms with van der Waals surface area (Å²) in [6.45, 7) is 3.71. The molecule has 0 unspecified atom stereocenters. The summed E-state index contributed by atoms with van der Waals surface area (Å²) < 4.78 is 0. The van der Waals surface area contributed by atoms with E-state index < -0.39 is 0 Å². The van der Waals surface area contributed by atoms with Crippen LogP contribution in [0, 0.1) is 0 Å². The van der Waals surface area contributed by atoms with E-state index in [0.29, 0.717) is 12.5 Å². The molecular weight excluding hydrogens is 308 g/mol. The lowest BCUT2D eigenvalue weighted by Crippen LogP contribution is -2.33. The molecule has 3 rings (SSSR count). The lowest BCUT2D eigenvalue weighted by atomic mass is 10.1. The zero-order valence-electron chi connectivity index (χ0n) is 14.8. The minimum absolute atomic E-state index is 0.518. The van der Waals surface area contributed by atoms with Crippen molar-refractivity contribution in [2.24, 2.45) is 10.7 Å². The number of aliphatic imine (C=N–C) groups is 1. The fraction of sp³-hybridized carbons (Fsp3) is 0.381. The van der Waals surface area contributed by atoms with Crippen LogP contribution >= 0.6 is 0 Å². The number of benzene rings is 2. The van der Waals surface area contributed by atoms with Crippen molar-refractivity contribution in [1.82, 2.24) is 5.32 Å². The molecule has 0 saturated carbocycles. The molecule has 2 aromatic rings. The average Bonchev–Trinajstić information content (AvgIpc) is 2.68. The van der Waals surface area contributed by atoms with Crippen molar-refractivity contribution in [2.75, 3.05) is 24.5 Å². The Labute approximate surface area is 150 Å². The Bertz CT molecular complexity index is 675. The Balaban J connectivity index is 1.54. The van der Waals surface area contributed by atoms with Crippen LogP contribution < -0.4 is 16.0 Å². The molecule has 0 radical (unpaired) electrons. The molecule has 1 saturated heterocycles. The minimum Gasteiger partial charge on any atom is -0.371 e. The predicted molar refractivity (Wildman–Crippen MR) is 106 cm³/mol. The smallest absolute Gasteiger partial charge is 0.188 e. The molecule has 1 fully saturated rings. The van der Waals surface area contributed by atoms with Crippen molar-refractivity contribution in [2.45, 2.75) is 32.2 Å². The minimum atomic E-state index is 0.518. The van der Waals surface area contributed by atoms with Gasteiger partial charge in [-0.2, -0.15) is 0 Å². The Kier molecular flexibility index (Phi) is 6.32. The largest absolute Gasteiger partial charge is 0.371 e. The lowest BCUT2D eigenvalue weighted by Gasteiger charge is -2.30. The fourth-order valence-corrected chi connectivity index (χ4v) is 3.29. The second kappa shape index (κ2) is 9.11. The number of nitrogens with one attached hydrogen (secondary N) is 1. The zero-order valence-corrected chi connectivity index (χ0v) is 14.8. The first-order valence-corrected chi connectivity index (χ1v) is 9.23. The van der Waals surface area contributed by atoms with Gasteiger partial charge in [-0.25, -0.2) is 4.99 Å². The Morgan fingerprint density at radius 2 is 1.68 bits per heavy atom. The molecule has 3 N–H and O–H groups in total. The van der Waals surface area contributed by atoms with Gasteiger partial charge in [-0.1, -0.05) is 48.5 Å². The molecule has 0 spiro atoms. The van der Waals surface area contributed by atoms with E-state index in [9.17, 15) is 0 Å². The van der Waals surface area contributed by atoms with Crippen LogP contribution in [0.3, 0.4) is 0 Å². The molecule has 0 aromatic heterocycles. The molecular formula is C21H28N4. The van der Waals surface area contributed by atoms with Crippen LogP contribution in [0.15, 0.2) is 59.6 Å². The van der Waals surface area contributed by atoms with Gasteiger partial charge in [-0.05, 0) is 42.9 Å². The molecule has 0 atom stereocenters. The third-order valence-corrected chi connectivity index (χ3v) is 4.67. The number of anilines is 1. The molecule has 132 valence electrons. The fourth-order valence-electron chi connectivity index (χ4n) is 3.29. The quantitative estimate of drug-likeness (QED) is 0.628. The highest BCUT2D eigenvalue weighted by molar-refractivity contribution is 5.78. The summed E-state index contributed by atoms with van der Waals surface area (Å²) in [7, 11) is 0. The topological polar surface area (TPSA) is 53.6 Å². The summed E-state index contributed by atoms with van der Waals surface area (Å²) in [5.41, 5.74) is 9.90. The van der Waals surface area contributed by atoms with Crippen molar-refractivity contribution in [3.8, 4) is 0 Å². The molecule has 0 amide bonds. The standard InChI is InChI=1S/C21H28N4/c22-21(23-14-13-18-9-3-1-4-10-18)24-17-19-11-5-6-12-20(19)25-15-7-2-8-16-25/h1,3-6,9-12H,2,7-8,13-17H2,(H3,22,23,24). The van der Waals surface area contributed by atoms with Gasteiger partial charge in [0.1, 0.15) is 0 Å². The summed E-state index contributed by atoms with van der Waals surface area (Å²) in [4.78, 5) is 7.02. The van der Waals surface area contributed by atoms with Crippen LogP contribution in [0.5, 0.6) is 0 Å². The van der Waals surface area contributed by atoms with Gasteiger partial charge in [-0.3, -0.25) is 0 Å². The van der Waals surface area contributed by atoms with Gasteiger partial charge in [-0.15, -0.1) is 0 Å². The van der Waals surface area contributed by atoms with Crippen LogP contribution in [0.4, 0.5) is 5.69 Å². The van der Waals surface area contributed by atoms with Crippen LogP contribution in [0.1, 0.15) is 30.4 Å². The number of guanidine groups is 1. The predicted octanol–water partition coefficient (Wildman–Crippen LogP) is 3.32. The maximum atomic E-state index is 6.04. The number of hydrogen-bond acceptors (Lipinski definition) is 2. The van der Waals surface area contributed by atoms with E-state index in [-0.39, 0.29) is 0 Å². The van der Waals surface area contributed by atoms with Crippen LogP contribution in [0.2, 0.25) is 0 Å². The van der Waals surface area contributed by atoms with Crippen molar-refractivity contribution < 1.29 is 0 Å². The summed E-state index contributed by atoms with van der Waals surface area (Å²) >= 11 is 0. The molecule has 1 aliphatic heterocycles. The van der Waals surface area contributed by atoms with Gasteiger partial charge in [0.15, 0.2) is 5.96 Å². The highest BCUT2D eigenvalue weighted by Gasteiger charge is 2.13. The van der Waals surface area contributed by atoms with Crippen molar-refractivity contribution in [3.05, 3.63) is 65.7 Å². The van der Waals surface area contributed by atoms with Gasteiger partial charge in [0.25, 0.3) is 0 Å². The first-order chi connectivity index (χ1) is 12.3. The van der Waals surface area contributed by atoms with Crippen LogP contribution in [0.25, 0.3) is 0 Å². The second-order valence-corrected chi connectivity index (χ2v) is 6.54. The summed E-state index contributed by atoms with van der Waals surface area (Å²) in [6, 6.07) is 19.0. The normalized spacial score (nSPS) is 15.2. The number of piperidine rings is 1. The molecule has 4 heteroatoms. The highest BCUT2D eigenvalue weighted by Crippen LogP contribution is 2.24. The third-order valence-electron chi connectivity index (χ3n) is 4.67. The van der Waals surface area contributed by atoms with Gasteiger partial charge >= 0.3 is 0 Å². The van der Waals surface area contributed by atoms with E-state index in [4.69, 9.17) is 5.73 Å². The number of nitrogens with zero attached hydrogens (tertiary/aromatic N) is 2. The van der Waals surface area contributed by atoms with E-state index >= 15 is 0 Å². The maximum absolute atomic E-state index is 6.04. The molecule has 4 nitrogen and oxygen atoms in total. The van der Waals surface area contributed by atoms with Crippen molar-refractivity contribution >= 4 is 11.6 Å². The van der Waals surface area contributed by atoms with Crippen molar-refractivity contribution in [1.29, 1.82) is 0 Å². The number of para-hydroxylation sites is 1. The van der Waals surface area contributed by atoms with E-state index in [0.717, 1.165) is 26.1 Å². The SMILES string of the molecule is NC(=NCc1ccccc1N1CCCCC1)NCCc1ccccc1. The van der Waals surface area contributed by atoms with E-state index in [2.05, 4.69) is 63.7 Å². The molecule has 0 aliphatic carbocycles. The Morgan fingerprint density at radius 1 is 0.960 bits per heavy atom. The van der Waals surface area contributed by atoms with E-state index in [1.54, 1.807) is 0 Å². The summed E-state index contributed by atoms with van der Waals surface area (Å²) in [6.07, 6.45) is 4.85. The second-order valence-electron chi connectivity index (χ2n) is 6.54. The summed E-state index contributed by atoms with van der Waals surface area (Å²) in [5.74, 6) is 0.518. The molecule has 0 bridgehead atoms. The van der Waals surface area contributed by atoms with Gasteiger partial charge in [0.2, 0.25) is 0 Å². The van der Waals surface area contributed by atoms with Gasteiger partial charge in [0.05, 0.1) is 6.54 Å². The average molecular weight is 336 g/mol.